The van der Waals surface area contributed by atoms with Gasteiger partial charge in [-0.05, 0) is 61.6 Å². The fourth-order valence-electron chi connectivity index (χ4n) is 4.12. The third kappa shape index (κ3) is 3.04. The number of nitrogens with two attached hydrogens (primary N) is 1. The number of aromatic nitrogens is 3. The van der Waals surface area contributed by atoms with E-state index in [4.69, 9.17) is 5.73 Å². The van der Waals surface area contributed by atoms with E-state index in [1.54, 1.807) is 0 Å². The molecule has 1 fully saturated rings. The van der Waals surface area contributed by atoms with Crippen LogP contribution < -0.4 is 11.1 Å². The van der Waals surface area contributed by atoms with Crippen LogP contribution in [0, 0.1) is 0 Å². The number of H-pyrrole nitrogens is 1. The predicted molar refractivity (Wildman–Crippen MR) is 111 cm³/mol. The molecule has 1 aliphatic rings. The van der Waals surface area contributed by atoms with Crippen LogP contribution in [0.1, 0.15) is 25.7 Å². The SMILES string of the molecule is NC1CCC(Nc2ccnc3ccc(-c4c[nH]c5ncccc45)cc23)CC1. The Hall–Kier alpha value is -2.92. The number of benzene rings is 1. The summed E-state index contributed by atoms with van der Waals surface area (Å²) in [7, 11) is 0. The molecule has 3 heterocycles. The summed E-state index contributed by atoms with van der Waals surface area (Å²) in [6, 6.07) is 13.5. The van der Waals surface area contributed by atoms with Crippen LogP contribution in [0.4, 0.5) is 5.69 Å². The lowest BCUT2D eigenvalue weighted by molar-refractivity contribution is 0.411. The summed E-state index contributed by atoms with van der Waals surface area (Å²) >= 11 is 0. The van der Waals surface area contributed by atoms with Crippen molar-refractivity contribution < 1.29 is 0 Å². The lowest BCUT2D eigenvalue weighted by Crippen LogP contribution is -2.32. The zero-order valence-corrected chi connectivity index (χ0v) is 15.2. The molecule has 0 amide bonds. The summed E-state index contributed by atoms with van der Waals surface area (Å²) in [6.07, 6.45) is 10.2. The normalized spacial score (nSPS) is 20.2. The second-order valence-corrected chi connectivity index (χ2v) is 7.45. The van der Waals surface area contributed by atoms with Crippen LogP contribution in [0.5, 0.6) is 0 Å². The number of anilines is 1. The number of hydrogen-bond donors (Lipinski definition) is 3. The molecule has 1 aliphatic carbocycles. The highest BCUT2D eigenvalue weighted by Gasteiger charge is 2.19. The van der Waals surface area contributed by atoms with Gasteiger partial charge in [0.15, 0.2) is 0 Å². The molecule has 5 heteroatoms. The van der Waals surface area contributed by atoms with E-state index in [0.29, 0.717) is 12.1 Å². The number of nitrogens with one attached hydrogen (secondary N) is 2. The largest absolute Gasteiger partial charge is 0.382 e. The van der Waals surface area contributed by atoms with Gasteiger partial charge < -0.3 is 16.0 Å². The van der Waals surface area contributed by atoms with Crippen LogP contribution in [0.3, 0.4) is 0 Å². The van der Waals surface area contributed by atoms with Crippen molar-refractivity contribution >= 4 is 27.6 Å². The Morgan fingerprint density at radius 3 is 2.74 bits per heavy atom. The molecule has 27 heavy (non-hydrogen) atoms. The topological polar surface area (TPSA) is 79.6 Å². The smallest absolute Gasteiger partial charge is 0.137 e. The molecule has 0 atom stereocenters. The fraction of sp³-hybridized carbons (Fsp3) is 0.273. The van der Waals surface area contributed by atoms with Crippen molar-refractivity contribution in [1.82, 2.24) is 15.0 Å². The lowest BCUT2D eigenvalue weighted by atomic mass is 9.91. The average molecular weight is 357 g/mol. The van der Waals surface area contributed by atoms with Gasteiger partial charge in [-0.15, -0.1) is 0 Å². The standard InChI is InChI=1S/C22H23N5/c23-15-4-6-16(7-5-15)27-21-9-11-24-20-8-3-14(12-18(20)21)19-13-26-22-17(19)2-1-10-25-22/h1-3,8-13,15-16H,4-7,23H2,(H,24,27)(H,25,26). The minimum absolute atomic E-state index is 0.360. The molecule has 1 aromatic carbocycles. The van der Waals surface area contributed by atoms with Crippen LogP contribution in [0.15, 0.2) is 55.0 Å². The highest BCUT2D eigenvalue weighted by Crippen LogP contribution is 2.33. The van der Waals surface area contributed by atoms with E-state index in [1.807, 2.05) is 24.7 Å². The summed E-state index contributed by atoms with van der Waals surface area (Å²) < 4.78 is 0. The molecule has 5 nitrogen and oxygen atoms in total. The van der Waals surface area contributed by atoms with E-state index < -0.39 is 0 Å². The molecular weight excluding hydrogens is 334 g/mol. The van der Waals surface area contributed by atoms with Crippen LogP contribution in [0.2, 0.25) is 0 Å². The first-order valence-corrected chi connectivity index (χ1v) is 9.61. The van der Waals surface area contributed by atoms with Crippen LogP contribution in [0.25, 0.3) is 33.1 Å². The molecule has 0 aliphatic heterocycles. The molecule has 0 bridgehead atoms. The molecular formula is C22H23N5. The molecule has 0 saturated heterocycles. The molecule has 4 aromatic rings. The van der Waals surface area contributed by atoms with E-state index in [-0.39, 0.29) is 0 Å². The van der Waals surface area contributed by atoms with Crippen molar-refractivity contribution in [3.05, 3.63) is 55.0 Å². The summed E-state index contributed by atoms with van der Waals surface area (Å²) in [5.41, 5.74) is 11.5. The number of fused-ring (bicyclic) bond motifs is 2. The van der Waals surface area contributed by atoms with Crippen molar-refractivity contribution in [2.75, 3.05) is 5.32 Å². The van der Waals surface area contributed by atoms with Gasteiger partial charge in [-0.1, -0.05) is 6.07 Å². The van der Waals surface area contributed by atoms with Crippen molar-refractivity contribution in [2.24, 2.45) is 5.73 Å². The highest BCUT2D eigenvalue weighted by molar-refractivity contribution is 5.99. The third-order valence-corrected chi connectivity index (χ3v) is 5.64. The summed E-state index contributed by atoms with van der Waals surface area (Å²) in [4.78, 5) is 12.2. The Kier molecular flexibility index (Phi) is 4.02. The number of aromatic amines is 1. The van der Waals surface area contributed by atoms with Gasteiger partial charge in [0.2, 0.25) is 0 Å². The van der Waals surface area contributed by atoms with Crippen LogP contribution >= 0.6 is 0 Å². The van der Waals surface area contributed by atoms with Crippen molar-refractivity contribution in [3.63, 3.8) is 0 Å². The molecule has 136 valence electrons. The maximum absolute atomic E-state index is 6.05. The van der Waals surface area contributed by atoms with Crippen molar-refractivity contribution in [3.8, 4) is 11.1 Å². The molecule has 1 saturated carbocycles. The number of rotatable bonds is 3. The number of nitrogens with zero attached hydrogens (tertiary/aromatic N) is 2. The van der Waals surface area contributed by atoms with E-state index in [0.717, 1.165) is 53.3 Å². The van der Waals surface area contributed by atoms with Gasteiger partial charge in [0.25, 0.3) is 0 Å². The maximum atomic E-state index is 6.05. The van der Waals surface area contributed by atoms with Gasteiger partial charge in [0, 0.05) is 52.7 Å². The second kappa shape index (κ2) is 6.67. The van der Waals surface area contributed by atoms with E-state index in [1.165, 1.54) is 11.1 Å². The summed E-state index contributed by atoms with van der Waals surface area (Å²) in [5, 5.41) is 6.03. The molecule has 5 rings (SSSR count). The minimum Gasteiger partial charge on any atom is -0.382 e. The summed E-state index contributed by atoms with van der Waals surface area (Å²) in [6.45, 7) is 0. The Bertz CT molecular complexity index is 1090. The average Bonchev–Trinajstić information content (AvgIpc) is 3.14. The second-order valence-electron chi connectivity index (χ2n) is 7.45. The first kappa shape index (κ1) is 16.3. The first-order chi connectivity index (χ1) is 13.3. The van der Waals surface area contributed by atoms with Gasteiger partial charge in [-0.3, -0.25) is 4.98 Å². The van der Waals surface area contributed by atoms with E-state index in [9.17, 15) is 0 Å². The zero-order chi connectivity index (χ0) is 18.2. The predicted octanol–water partition coefficient (Wildman–Crippen LogP) is 4.46. The van der Waals surface area contributed by atoms with Crippen LogP contribution in [-0.2, 0) is 0 Å². The number of pyridine rings is 2. The Labute approximate surface area is 158 Å². The molecule has 4 N–H and O–H groups in total. The van der Waals surface area contributed by atoms with Crippen molar-refractivity contribution in [2.45, 2.75) is 37.8 Å². The monoisotopic (exact) mass is 357 g/mol. The van der Waals surface area contributed by atoms with Crippen molar-refractivity contribution in [1.29, 1.82) is 0 Å². The quantitative estimate of drug-likeness (QED) is 0.506. The Morgan fingerprint density at radius 2 is 1.85 bits per heavy atom. The van der Waals surface area contributed by atoms with E-state index >= 15 is 0 Å². The van der Waals surface area contributed by atoms with Gasteiger partial charge >= 0.3 is 0 Å². The highest BCUT2D eigenvalue weighted by atomic mass is 14.9. The third-order valence-electron chi connectivity index (χ3n) is 5.64. The van der Waals surface area contributed by atoms with Gasteiger partial charge in [0.05, 0.1) is 5.52 Å². The molecule has 0 unspecified atom stereocenters. The Morgan fingerprint density at radius 1 is 0.963 bits per heavy atom. The fourth-order valence-corrected chi connectivity index (χ4v) is 4.12. The number of hydrogen-bond acceptors (Lipinski definition) is 4. The van der Waals surface area contributed by atoms with E-state index in [2.05, 4.69) is 50.6 Å². The lowest BCUT2D eigenvalue weighted by Gasteiger charge is -2.28. The van der Waals surface area contributed by atoms with Crippen LogP contribution in [-0.4, -0.2) is 27.0 Å². The molecule has 3 aromatic heterocycles. The maximum Gasteiger partial charge on any atom is 0.137 e. The Balaban J connectivity index is 1.54. The zero-order valence-electron chi connectivity index (χ0n) is 15.2. The minimum atomic E-state index is 0.360. The van der Waals surface area contributed by atoms with Gasteiger partial charge in [-0.2, -0.15) is 0 Å². The summed E-state index contributed by atoms with van der Waals surface area (Å²) in [5.74, 6) is 0. The first-order valence-electron chi connectivity index (χ1n) is 9.61. The molecule has 0 radical (unpaired) electrons. The van der Waals surface area contributed by atoms with Gasteiger partial charge in [-0.25, -0.2) is 4.98 Å². The van der Waals surface area contributed by atoms with Gasteiger partial charge in [0.1, 0.15) is 5.65 Å². The molecule has 0 spiro atoms.